The summed E-state index contributed by atoms with van der Waals surface area (Å²) in [6.07, 6.45) is 1.48. The van der Waals surface area contributed by atoms with E-state index in [-0.39, 0.29) is 18.6 Å². The van der Waals surface area contributed by atoms with Gasteiger partial charge in [-0.25, -0.2) is 9.78 Å². The van der Waals surface area contributed by atoms with Gasteiger partial charge in [0.05, 0.1) is 11.4 Å². The van der Waals surface area contributed by atoms with Gasteiger partial charge >= 0.3 is 6.09 Å². The first-order valence-corrected chi connectivity index (χ1v) is 14.2. The van der Waals surface area contributed by atoms with Crippen LogP contribution in [0.3, 0.4) is 0 Å². The molecule has 0 N–H and O–H groups in total. The Labute approximate surface area is 236 Å². The van der Waals surface area contributed by atoms with Crippen molar-refractivity contribution in [3.8, 4) is 11.3 Å². The van der Waals surface area contributed by atoms with Crippen molar-refractivity contribution < 1.29 is 18.7 Å². The zero-order valence-corrected chi connectivity index (χ0v) is 24.3. The van der Waals surface area contributed by atoms with Crippen LogP contribution in [0.2, 0.25) is 0 Å². The lowest BCUT2D eigenvalue weighted by atomic mass is 9.92. The number of carbonyl (C=O) groups is 2. The Bertz CT molecular complexity index is 1380. The Kier molecular flexibility index (Phi) is 7.99. The summed E-state index contributed by atoms with van der Waals surface area (Å²) in [5.74, 6) is 1.29. The number of carbonyl (C=O) groups excluding carboxylic acids is 2. The third kappa shape index (κ3) is 6.22. The topological polar surface area (TPSA) is 79.1 Å². The van der Waals surface area contributed by atoms with Crippen LogP contribution in [-0.2, 0) is 17.8 Å². The molecule has 5 rings (SSSR count). The third-order valence-corrected chi connectivity index (χ3v) is 7.81. The van der Waals surface area contributed by atoms with Crippen molar-refractivity contribution >= 4 is 17.7 Å². The van der Waals surface area contributed by atoms with E-state index in [0.29, 0.717) is 42.9 Å². The largest absolute Gasteiger partial charge is 0.445 e. The highest BCUT2D eigenvalue weighted by atomic mass is 16.6. The first-order valence-electron chi connectivity index (χ1n) is 14.2. The minimum Gasteiger partial charge on any atom is -0.445 e. The van der Waals surface area contributed by atoms with Crippen LogP contribution in [0.25, 0.3) is 11.3 Å². The fourth-order valence-corrected chi connectivity index (χ4v) is 5.33. The summed E-state index contributed by atoms with van der Waals surface area (Å²) in [5, 5.41) is 0. The SMILES string of the molecule is Cc1nc2c(o1)-c1ccccc1N(C(=O)c1ccc(COC(=O)N3CCN(CCC(C)(C)C)CC3)c(C)c1)CC2. The molecule has 3 aromatic rings. The van der Waals surface area contributed by atoms with E-state index >= 15 is 0 Å². The molecule has 0 aliphatic carbocycles. The molecule has 1 fully saturated rings. The summed E-state index contributed by atoms with van der Waals surface area (Å²) in [7, 11) is 0. The normalized spacial score (nSPS) is 15.8. The summed E-state index contributed by atoms with van der Waals surface area (Å²) in [6.45, 7) is 15.4. The molecule has 2 aliphatic rings. The molecule has 0 radical (unpaired) electrons. The van der Waals surface area contributed by atoms with Crippen molar-refractivity contribution in [1.82, 2.24) is 14.8 Å². The number of fused-ring (bicyclic) bond motifs is 3. The molecular formula is C32H40N4O4. The Morgan fingerprint density at radius 2 is 1.75 bits per heavy atom. The highest BCUT2D eigenvalue weighted by molar-refractivity contribution is 6.08. The zero-order valence-electron chi connectivity index (χ0n) is 24.3. The Morgan fingerprint density at radius 3 is 2.48 bits per heavy atom. The smallest absolute Gasteiger partial charge is 0.410 e. The number of aryl methyl sites for hydroxylation is 2. The van der Waals surface area contributed by atoms with Crippen molar-refractivity contribution in [3.63, 3.8) is 0 Å². The van der Waals surface area contributed by atoms with Gasteiger partial charge in [0.1, 0.15) is 6.61 Å². The van der Waals surface area contributed by atoms with Gasteiger partial charge in [-0.15, -0.1) is 0 Å². The maximum atomic E-state index is 13.7. The Hall–Kier alpha value is -3.65. The average Bonchev–Trinajstić information content (AvgIpc) is 3.24. The molecule has 1 aromatic heterocycles. The van der Waals surface area contributed by atoms with E-state index in [1.165, 1.54) is 0 Å². The minimum atomic E-state index is -0.281. The lowest BCUT2D eigenvalue weighted by Gasteiger charge is -2.35. The van der Waals surface area contributed by atoms with E-state index < -0.39 is 0 Å². The van der Waals surface area contributed by atoms with Crippen molar-refractivity contribution in [2.45, 2.75) is 54.1 Å². The summed E-state index contributed by atoms with van der Waals surface area (Å²) in [5.41, 5.74) is 5.28. The van der Waals surface area contributed by atoms with E-state index in [1.807, 2.05) is 56.3 Å². The van der Waals surface area contributed by atoms with Crippen LogP contribution in [0.15, 0.2) is 46.9 Å². The standard InChI is InChI=1S/C32H40N4O4/c1-22-20-24(30(37)36-14-12-27-29(40-23(2)33-27)26-8-6-7-9-28(26)36)10-11-25(22)21-39-31(38)35-18-16-34(17-19-35)15-13-32(3,4)5/h6-11,20H,12-19,21H2,1-5H3. The summed E-state index contributed by atoms with van der Waals surface area (Å²) in [4.78, 5) is 37.0. The number of ether oxygens (including phenoxy) is 1. The summed E-state index contributed by atoms with van der Waals surface area (Å²) < 4.78 is 11.6. The second-order valence-corrected chi connectivity index (χ2v) is 12.1. The molecule has 2 aliphatic heterocycles. The maximum Gasteiger partial charge on any atom is 0.410 e. The lowest BCUT2D eigenvalue weighted by molar-refractivity contribution is 0.0689. The first-order chi connectivity index (χ1) is 19.1. The van der Waals surface area contributed by atoms with Crippen LogP contribution in [0, 0.1) is 19.3 Å². The van der Waals surface area contributed by atoms with Crippen LogP contribution in [0.5, 0.6) is 0 Å². The van der Waals surface area contributed by atoms with Gasteiger partial charge in [0.2, 0.25) is 0 Å². The lowest BCUT2D eigenvalue weighted by Crippen LogP contribution is -2.49. The second kappa shape index (κ2) is 11.5. The number of hydrogen-bond donors (Lipinski definition) is 0. The monoisotopic (exact) mass is 544 g/mol. The van der Waals surface area contributed by atoms with Gasteiger partial charge in [-0.1, -0.05) is 39.0 Å². The highest BCUT2D eigenvalue weighted by Crippen LogP contribution is 2.37. The van der Waals surface area contributed by atoms with Crippen LogP contribution < -0.4 is 4.90 Å². The van der Waals surface area contributed by atoms with E-state index in [0.717, 1.165) is 59.9 Å². The molecule has 1 saturated heterocycles. The van der Waals surface area contributed by atoms with Gasteiger partial charge in [-0.05, 0) is 60.7 Å². The molecule has 0 saturated carbocycles. The number of oxazole rings is 1. The van der Waals surface area contributed by atoms with Crippen LogP contribution >= 0.6 is 0 Å². The molecule has 0 spiro atoms. The van der Waals surface area contributed by atoms with Gasteiger partial charge in [0.25, 0.3) is 5.91 Å². The average molecular weight is 545 g/mol. The number of piperazine rings is 1. The zero-order chi connectivity index (χ0) is 28.4. The van der Waals surface area contributed by atoms with Crippen LogP contribution in [-0.4, -0.2) is 66.1 Å². The molecule has 0 atom stereocenters. The number of para-hydroxylation sites is 1. The van der Waals surface area contributed by atoms with Crippen molar-refractivity contribution in [1.29, 1.82) is 0 Å². The highest BCUT2D eigenvalue weighted by Gasteiger charge is 2.28. The molecule has 212 valence electrons. The van der Waals surface area contributed by atoms with Gasteiger partial charge in [-0.3, -0.25) is 9.69 Å². The fourth-order valence-electron chi connectivity index (χ4n) is 5.33. The summed E-state index contributed by atoms with van der Waals surface area (Å²) >= 11 is 0. The number of nitrogens with zero attached hydrogens (tertiary/aromatic N) is 4. The fraction of sp³-hybridized carbons (Fsp3) is 0.469. The molecule has 2 aromatic carbocycles. The molecule has 40 heavy (non-hydrogen) atoms. The number of anilines is 1. The van der Waals surface area contributed by atoms with Crippen molar-refractivity contribution in [2.24, 2.45) is 5.41 Å². The maximum absolute atomic E-state index is 13.7. The summed E-state index contributed by atoms with van der Waals surface area (Å²) in [6, 6.07) is 13.4. The van der Waals surface area contributed by atoms with Crippen molar-refractivity contribution in [3.05, 3.63) is 70.7 Å². The minimum absolute atomic E-state index is 0.0784. The van der Waals surface area contributed by atoms with E-state index in [4.69, 9.17) is 9.15 Å². The first kappa shape index (κ1) is 27.9. The molecule has 3 heterocycles. The number of amides is 2. The van der Waals surface area contributed by atoms with Crippen molar-refractivity contribution in [2.75, 3.05) is 44.2 Å². The van der Waals surface area contributed by atoms with E-state index in [9.17, 15) is 9.59 Å². The number of benzene rings is 2. The number of hydrogen-bond acceptors (Lipinski definition) is 6. The van der Waals surface area contributed by atoms with Gasteiger partial charge in [0.15, 0.2) is 11.7 Å². The predicted molar refractivity (Wildman–Crippen MR) is 156 cm³/mol. The predicted octanol–water partition coefficient (Wildman–Crippen LogP) is 5.85. The molecule has 8 heteroatoms. The molecule has 0 unspecified atom stereocenters. The van der Waals surface area contributed by atoms with Gasteiger partial charge in [-0.2, -0.15) is 0 Å². The number of aromatic nitrogens is 1. The van der Waals surface area contributed by atoms with E-state index in [2.05, 4.69) is 30.7 Å². The Morgan fingerprint density at radius 1 is 1.00 bits per heavy atom. The number of rotatable bonds is 5. The quantitative estimate of drug-likeness (QED) is 0.401. The van der Waals surface area contributed by atoms with Crippen LogP contribution in [0.1, 0.15) is 60.3 Å². The van der Waals surface area contributed by atoms with Gasteiger partial charge < -0.3 is 19.0 Å². The Balaban J connectivity index is 1.20. The van der Waals surface area contributed by atoms with E-state index in [1.54, 1.807) is 9.80 Å². The third-order valence-electron chi connectivity index (χ3n) is 7.81. The molecule has 2 amide bonds. The molecule has 8 nitrogen and oxygen atoms in total. The van der Waals surface area contributed by atoms with Crippen LogP contribution in [0.4, 0.5) is 10.5 Å². The molecule has 0 bridgehead atoms. The van der Waals surface area contributed by atoms with Gasteiger partial charge in [0, 0.05) is 57.2 Å². The molecular weight excluding hydrogens is 504 g/mol. The second-order valence-electron chi connectivity index (χ2n) is 12.1.